The molecule has 3 N–H and O–H groups in total. The van der Waals surface area contributed by atoms with Crippen molar-refractivity contribution < 1.29 is 9.69 Å². The van der Waals surface area contributed by atoms with E-state index < -0.39 is 5.91 Å². The van der Waals surface area contributed by atoms with Crippen LogP contribution in [0.2, 0.25) is 0 Å². The number of nitrogens with zero attached hydrogens (tertiary/aromatic N) is 2. The molecule has 3 aromatic rings. The van der Waals surface area contributed by atoms with Crippen molar-refractivity contribution in [1.82, 2.24) is 9.55 Å². The van der Waals surface area contributed by atoms with Crippen LogP contribution in [0.5, 0.6) is 0 Å². The second-order valence-corrected chi connectivity index (χ2v) is 6.78. The van der Waals surface area contributed by atoms with E-state index in [9.17, 15) is 9.59 Å². The molecule has 1 aliphatic heterocycles. The fraction of sp³-hybridized carbons (Fsp3) is 0.250. The maximum absolute atomic E-state index is 12.8. The van der Waals surface area contributed by atoms with Gasteiger partial charge in [0, 0.05) is 12.0 Å². The fourth-order valence-corrected chi connectivity index (χ4v) is 3.69. The molecule has 0 spiro atoms. The molecule has 132 valence electrons. The molecule has 1 aliphatic rings. The monoisotopic (exact) mass is 349 g/mol. The summed E-state index contributed by atoms with van der Waals surface area (Å²) in [5.41, 5.74) is 8.54. The molecule has 0 aliphatic carbocycles. The maximum Gasteiger partial charge on any atom is 0.262 e. The minimum atomic E-state index is -0.538. The van der Waals surface area contributed by atoms with Gasteiger partial charge in [-0.2, -0.15) is 0 Å². The van der Waals surface area contributed by atoms with Gasteiger partial charge in [0.05, 0.1) is 17.4 Å². The van der Waals surface area contributed by atoms with Crippen LogP contribution < -0.4 is 16.2 Å². The second-order valence-electron chi connectivity index (χ2n) is 6.78. The van der Waals surface area contributed by atoms with E-state index in [1.54, 1.807) is 12.1 Å². The van der Waals surface area contributed by atoms with Gasteiger partial charge in [-0.25, -0.2) is 4.98 Å². The van der Waals surface area contributed by atoms with Gasteiger partial charge < -0.3 is 10.6 Å². The normalized spacial score (nSPS) is 16.4. The molecular formula is C20H21N4O2+. The minimum absolute atomic E-state index is 0.143. The van der Waals surface area contributed by atoms with Crippen LogP contribution in [0.3, 0.4) is 0 Å². The molecule has 1 amide bonds. The molecule has 6 heteroatoms. The van der Waals surface area contributed by atoms with Gasteiger partial charge in [0.2, 0.25) is 5.91 Å². The Kier molecular flexibility index (Phi) is 4.26. The summed E-state index contributed by atoms with van der Waals surface area (Å²) in [6.07, 6.45) is 0.999. The number of hydrogen-bond acceptors (Lipinski definition) is 3. The first-order valence-corrected chi connectivity index (χ1v) is 8.79. The van der Waals surface area contributed by atoms with Crippen molar-refractivity contribution >= 4 is 16.8 Å². The Hall–Kier alpha value is -2.99. The van der Waals surface area contributed by atoms with Crippen molar-refractivity contribution in [2.24, 2.45) is 5.73 Å². The van der Waals surface area contributed by atoms with Crippen LogP contribution in [-0.2, 0) is 30.8 Å². The highest BCUT2D eigenvalue weighted by molar-refractivity contribution is 5.78. The van der Waals surface area contributed by atoms with E-state index >= 15 is 0 Å². The SMILES string of the molecule is NC(=O)Cn1c(C[NH+]2CCc3ccccc3C2)nc2ccccc2c1=O. The van der Waals surface area contributed by atoms with Crippen LogP contribution >= 0.6 is 0 Å². The molecule has 0 fully saturated rings. The van der Waals surface area contributed by atoms with Crippen LogP contribution in [-0.4, -0.2) is 22.0 Å². The van der Waals surface area contributed by atoms with Crippen molar-refractivity contribution in [2.75, 3.05) is 6.54 Å². The van der Waals surface area contributed by atoms with Gasteiger partial charge in [0.1, 0.15) is 19.6 Å². The number of rotatable bonds is 4. The Balaban J connectivity index is 1.71. The highest BCUT2D eigenvalue weighted by Gasteiger charge is 2.22. The lowest BCUT2D eigenvalue weighted by atomic mass is 10.00. The van der Waals surface area contributed by atoms with E-state index in [0.29, 0.717) is 23.3 Å². The molecule has 0 bridgehead atoms. The summed E-state index contributed by atoms with van der Waals surface area (Å²) >= 11 is 0. The van der Waals surface area contributed by atoms with E-state index in [1.807, 2.05) is 12.1 Å². The average Bonchev–Trinajstić information content (AvgIpc) is 2.64. The van der Waals surface area contributed by atoms with Crippen LogP contribution in [0.4, 0.5) is 0 Å². The quantitative estimate of drug-likeness (QED) is 0.697. The van der Waals surface area contributed by atoms with Crippen molar-refractivity contribution in [3.8, 4) is 0 Å². The molecule has 0 radical (unpaired) electrons. The fourth-order valence-electron chi connectivity index (χ4n) is 3.69. The summed E-state index contributed by atoms with van der Waals surface area (Å²) in [6, 6.07) is 15.7. The van der Waals surface area contributed by atoms with Gasteiger partial charge in [-0.3, -0.25) is 14.2 Å². The lowest BCUT2D eigenvalue weighted by molar-refractivity contribution is -0.930. The zero-order chi connectivity index (χ0) is 18.1. The van der Waals surface area contributed by atoms with E-state index in [0.717, 1.165) is 19.5 Å². The topological polar surface area (TPSA) is 82.4 Å². The number of carbonyl (C=O) groups excluding carboxylic acids is 1. The average molecular weight is 349 g/mol. The third-order valence-electron chi connectivity index (χ3n) is 4.97. The van der Waals surface area contributed by atoms with E-state index in [4.69, 9.17) is 5.73 Å². The molecule has 1 atom stereocenters. The molecule has 26 heavy (non-hydrogen) atoms. The summed E-state index contributed by atoms with van der Waals surface area (Å²) in [7, 11) is 0. The molecule has 0 saturated carbocycles. The van der Waals surface area contributed by atoms with E-state index in [-0.39, 0.29) is 12.1 Å². The van der Waals surface area contributed by atoms with Gasteiger partial charge in [-0.1, -0.05) is 36.4 Å². The predicted octanol–water partition coefficient (Wildman–Crippen LogP) is 0.0230. The van der Waals surface area contributed by atoms with Gasteiger partial charge in [-0.15, -0.1) is 0 Å². The number of primary amides is 1. The van der Waals surface area contributed by atoms with Crippen LogP contribution in [0.25, 0.3) is 10.9 Å². The molecule has 2 aromatic carbocycles. The van der Waals surface area contributed by atoms with Crippen LogP contribution in [0.1, 0.15) is 17.0 Å². The van der Waals surface area contributed by atoms with Crippen molar-refractivity contribution in [3.05, 3.63) is 75.8 Å². The Morgan fingerprint density at radius 3 is 2.65 bits per heavy atom. The smallest absolute Gasteiger partial charge is 0.262 e. The Morgan fingerprint density at radius 2 is 1.85 bits per heavy atom. The Bertz CT molecular complexity index is 1040. The second kappa shape index (κ2) is 6.72. The zero-order valence-corrected chi connectivity index (χ0v) is 14.4. The third kappa shape index (κ3) is 3.11. The van der Waals surface area contributed by atoms with Gasteiger partial charge >= 0.3 is 0 Å². The van der Waals surface area contributed by atoms with E-state index in [2.05, 4.69) is 29.2 Å². The van der Waals surface area contributed by atoms with Gasteiger partial charge in [0.25, 0.3) is 5.56 Å². The van der Waals surface area contributed by atoms with Gasteiger partial charge in [0.15, 0.2) is 5.82 Å². The number of aromatic nitrogens is 2. The largest absolute Gasteiger partial charge is 0.368 e. The first kappa shape index (κ1) is 16.5. The third-order valence-corrected chi connectivity index (χ3v) is 4.97. The standard InChI is InChI=1S/C20H20N4O2/c21-18(25)12-24-19(22-17-8-4-3-7-16(17)20(24)26)13-23-10-9-14-5-1-2-6-15(14)11-23/h1-8H,9-13H2,(H2,21,25)/p+1. The first-order valence-electron chi connectivity index (χ1n) is 8.79. The van der Waals surface area contributed by atoms with Crippen LogP contribution in [0, 0.1) is 0 Å². The number of fused-ring (bicyclic) bond motifs is 2. The van der Waals surface area contributed by atoms with Crippen molar-refractivity contribution in [2.45, 2.75) is 26.1 Å². The van der Waals surface area contributed by atoms with Crippen molar-refractivity contribution in [1.29, 1.82) is 0 Å². The van der Waals surface area contributed by atoms with E-state index in [1.165, 1.54) is 20.6 Å². The van der Waals surface area contributed by atoms with Crippen LogP contribution in [0.15, 0.2) is 53.3 Å². The maximum atomic E-state index is 12.8. The number of nitrogens with two attached hydrogens (primary N) is 1. The van der Waals surface area contributed by atoms with Gasteiger partial charge in [-0.05, 0) is 17.7 Å². The molecule has 1 aromatic heterocycles. The molecule has 1 unspecified atom stereocenters. The number of benzene rings is 2. The highest BCUT2D eigenvalue weighted by Crippen LogP contribution is 2.11. The number of para-hydroxylation sites is 1. The molecule has 2 heterocycles. The Labute approximate surface area is 150 Å². The molecular weight excluding hydrogens is 328 g/mol. The minimum Gasteiger partial charge on any atom is -0.368 e. The first-order chi connectivity index (χ1) is 12.6. The summed E-state index contributed by atoms with van der Waals surface area (Å²) in [6.45, 7) is 2.29. The molecule has 0 saturated heterocycles. The zero-order valence-electron chi connectivity index (χ0n) is 14.4. The lowest BCUT2D eigenvalue weighted by Gasteiger charge is -2.26. The number of hydrogen-bond donors (Lipinski definition) is 2. The summed E-state index contributed by atoms with van der Waals surface area (Å²) in [5.74, 6) is 0.0753. The molecule has 4 rings (SSSR count). The summed E-state index contributed by atoms with van der Waals surface area (Å²) in [5, 5.41) is 0.511. The molecule has 6 nitrogen and oxygen atoms in total. The Morgan fingerprint density at radius 1 is 1.12 bits per heavy atom. The number of amides is 1. The summed E-state index contributed by atoms with van der Waals surface area (Å²) < 4.78 is 1.43. The number of nitrogens with one attached hydrogen (secondary N) is 1. The predicted molar refractivity (Wildman–Crippen MR) is 98.6 cm³/mol. The lowest BCUT2D eigenvalue weighted by Crippen LogP contribution is -3.10. The van der Waals surface area contributed by atoms with Crippen molar-refractivity contribution in [3.63, 3.8) is 0 Å². The highest BCUT2D eigenvalue weighted by atomic mass is 16.2. The number of carbonyl (C=O) groups is 1. The number of quaternary nitrogens is 1. The summed E-state index contributed by atoms with van der Waals surface area (Å²) in [4.78, 5) is 30.3.